The highest BCUT2D eigenvalue weighted by atomic mass is 16.1. The smallest absolute Gasteiger partial charge is 0.254 e. The molecular weight excluding hydrogens is 224 g/mol. The summed E-state index contributed by atoms with van der Waals surface area (Å²) < 4.78 is 1.75. The van der Waals surface area contributed by atoms with Gasteiger partial charge in [-0.05, 0) is 49.8 Å². The van der Waals surface area contributed by atoms with Crippen LogP contribution in [-0.4, -0.2) is 10.6 Å². The fourth-order valence-electron chi connectivity index (χ4n) is 2.44. The molecule has 2 N–H and O–H groups in total. The van der Waals surface area contributed by atoms with E-state index in [1.54, 1.807) is 4.57 Å². The number of aryl methyl sites for hydroxylation is 3. The molecule has 96 valence electrons. The Morgan fingerprint density at radius 2 is 2.00 bits per heavy atom. The Labute approximate surface area is 107 Å². The molecule has 0 saturated heterocycles. The van der Waals surface area contributed by atoms with Gasteiger partial charge in [0, 0.05) is 18.7 Å². The van der Waals surface area contributed by atoms with Gasteiger partial charge in [-0.1, -0.05) is 12.1 Å². The van der Waals surface area contributed by atoms with Gasteiger partial charge in [0.05, 0.1) is 5.52 Å². The van der Waals surface area contributed by atoms with Gasteiger partial charge in [-0.25, -0.2) is 0 Å². The van der Waals surface area contributed by atoms with Crippen molar-refractivity contribution in [1.29, 1.82) is 0 Å². The molecule has 0 radical (unpaired) electrons. The van der Waals surface area contributed by atoms with Crippen LogP contribution in [-0.2, 0) is 13.5 Å². The first-order valence-corrected chi connectivity index (χ1v) is 6.26. The van der Waals surface area contributed by atoms with Crippen LogP contribution in [0.25, 0.3) is 10.9 Å². The zero-order valence-corrected chi connectivity index (χ0v) is 11.4. The number of aromatic nitrogens is 1. The van der Waals surface area contributed by atoms with E-state index in [0.29, 0.717) is 6.42 Å². The fraction of sp³-hybridized carbons (Fsp3) is 0.400. The Hall–Kier alpha value is -1.61. The Bertz CT molecular complexity index is 654. The van der Waals surface area contributed by atoms with Gasteiger partial charge in [-0.3, -0.25) is 4.79 Å². The molecule has 3 heteroatoms. The minimum Gasteiger partial charge on any atom is -0.328 e. The predicted molar refractivity (Wildman–Crippen MR) is 76.0 cm³/mol. The van der Waals surface area contributed by atoms with Gasteiger partial charge in [0.1, 0.15) is 0 Å². The standard InChI is InChI=1S/C15H20N2O/c1-9-5-6-12-8-13(7-10(2)16)15(18)17(4)14(12)11(9)3/h5-6,8,10H,7,16H2,1-4H3. The van der Waals surface area contributed by atoms with Crippen molar-refractivity contribution in [2.24, 2.45) is 12.8 Å². The minimum absolute atomic E-state index is 0.00157. The van der Waals surface area contributed by atoms with Crippen molar-refractivity contribution >= 4 is 10.9 Å². The number of fused-ring (bicyclic) bond motifs is 1. The molecule has 0 aliphatic heterocycles. The van der Waals surface area contributed by atoms with Crippen LogP contribution in [0.2, 0.25) is 0 Å². The van der Waals surface area contributed by atoms with Crippen LogP contribution in [0.5, 0.6) is 0 Å². The lowest BCUT2D eigenvalue weighted by molar-refractivity contribution is 0.722. The zero-order valence-electron chi connectivity index (χ0n) is 11.4. The first kappa shape index (κ1) is 12.8. The van der Waals surface area contributed by atoms with E-state index < -0.39 is 0 Å². The molecule has 1 heterocycles. The van der Waals surface area contributed by atoms with Crippen LogP contribution in [0, 0.1) is 13.8 Å². The summed E-state index contributed by atoms with van der Waals surface area (Å²) in [4.78, 5) is 12.3. The lowest BCUT2D eigenvalue weighted by Crippen LogP contribution is -2.27. The Morgan fingerprint density at radius 1 is 1.33 bits per heavy atom. The minimum atomic E-state index is 0.00157. The third-order valence-electron chi connectivity index (χ3n) is 3.52. The highest BCUT2D eigenvalue weighted by molar-refractivity contribution is 5.83. The molecule has 0 saturated carbocycles. The van der Waals surface area contributed by atoms with Crippen LogP contribution in [0.15, 0.2) is 23.0 Å². The summed E-state index contributed by atoms with van der Waals surface area (Å²) in [6.45, 7) is 6.04. The lowest BCUT2D eigenvalue weighted by Gasteiger charge is -2.13. The lowest BCUT2D eigenvalue weighted by atomic mass is 10.0. The highest BCUT2D eigenvalue weighted by Crippen LogP contribution is 2.20. The largest absolute Gasteiger partial charge is 0.328 e. The van der Waals surface area contributed by atoms with Crippen molar-refractivity contribution in [2.45, 2.75) is 33.2 Å². The Morgan fingerprint density at radius 3 is 2.61 bits per heavy atom. The van der Waals surface area contributed by atoms with E-state index in [2.05, 4.69) is 26.0 Å². The molecule has 18 heavy (non-hydrogen) atoms. The Balaban J connectivity index is 2.79. The van der Waals surface area contributed by atoms with Crippen LogP contribution < -0.4 is 11.3 Å². The van der Waals surface area contributed by atoms with Crippen molar-refractivity contribution in [2.75, 3.05) is 0 Å². The molecule has 2 rings (SSSR count). The van der Waals surface area contributed by atoms with E-state index >= 15 is 0 Å². The van der Waals surface area contributed by atoms with Crippen molar-refractivity contribution in [1.82, 2.24) is 4.57 Å². The second kappa shape index (κ2) is 4.58. The predicted octanol–water partition coefficient (Wildman–Crippen LogP) is 2.05. The number of benzene rings is 1. The second-order valence-electron chi connectivity index (χ2n) is 5.16. The summed E-state index contributed by atoms with van der Waals surface area (Å²) in [5.41, 5.74) is 10.0. The summed E-state index contributed by atoms with van der Waals surface area (Å²) in [6.07, 6.45) is 0.621. The average molecular weight is 244 g/mol. The molecule has 0 amide bonds. The number of pyridine rings is 1. The fourth-order valence-corrected chi connectivity index (χ4v) is 2.44. The average Bonchev–Trinajstić information content (AvgIpc) is 2.29. The van der Waals surface area contributed by atoms with Crippen molar-refractivity contribution in [3.63, 3.8) is 0 Å². The molecule has 3 nitrogen and oxygen atoms in total. The molecule has 1 atom stereocenters. The molecular formula is C15H20N2O. The molecule has 1 unspecified atom stereocenters. The topological polar surface area (TPSA) is 48.0 Å². The van der Waals surface area contributed by atoms with E-state index in [-0.39, 0.29) is 11.6 Å². The van der Waals surface area contributed by atoms with Gasteiger partial charge in [-0.2, -0.15) is 0 Å². The highest BCUT2D eigenvalue weighted by Gasteiger charge is 2.10. The third kappa shape index (κ3) is 2.06. The van der Waals surface area contributed by atoms with Crippen LogP contribution >= 0.6 is 0 Å². The number of hydrogen-bond donors (Lipinski definition) is 1. The number of nitrogens with two attached hydrogens (primary N) is 1. The van der Waals surface area contributed by atoms with Gasteiger partial charge in [0.15, 0.2) is 0 Å². The normalized spacial score (nSPS) is 12.9. The first-order chi connectivity index (χ1) is 8.41. The zero-order chi connectivity index (χ0) is 13.4. The molecule has 0 aliphatic carbocycles. The molecule has 0 bridgehead atoms. The maximum absolute atomic E-state index is 12.3. The van der Waals surface area contributed by atoms with Crippen molar-refractivity contribution < 1.29 is 0 Å². The van der Waals surface area contributed by atoms with E-state index in [4.69, 9.17) is 5.73 Å². The van der Waals surface area contributed by atoms with Gasteiger partial charge < -0.3 is 10.3 Å². The SMILES string of the molecule is Cc1ccc2cc(CC(C)N)c(=O)n(C)c2c1C. The van der Waals surface area contributed by atoms with Gasteiger partial charge >= 0.3 is 0 Å². The molecule has 0 aliphatic rings. The Kier molecular flexibility index (Phi) is 3.26. The molecule has 1 aromatic carbocycles. The maximum atomic E-state index is 12.3. The quantitative estimate of drug-likeness (QED) is 0.879. The van der Waals surface area contributed by atoms with Crippen LogP contribution in [0.1, 0.15) is 23.6 Å². The summed E-state index contributed by atoms with van der Waals surface area (Å²) in [5, 5.41) is 1.11. The van der Waals surface area contributed by atoms with E-state index in [0.717, 1.165) is 16.5 Å². The molecule has 0 fully saturated rings. The number of rotatable bonds is 2. The van der Waals surface area contributed by atoms with Gasteiger partial charge in [0.2, 0.25) is 0 Å². The summed E-state index contributed by atoms with van der Waals surface area (Å²) in [6, 6.07) is 6.15. The molecule has 0 spiro atoms. The molecule has 2 aromatic rings. The van der Waals surface area contributed by atoms with Crippen molar-refractivity contribution in [3.8, 4) is 0 Å². The van der Waals surface area contributed by atoms with Crippen molar-refractivity contribution in [3.05, 3.63) is 45.2 Å². The van der Waals surface area contributed by atoms with Crippen LogP contribution in [0.4, 0.5) is 0 Å². The van der Waals surface area contributed by atoms with E-state index in [1.165, 1.54) is 11.1 Å². The third-order valence-corrected chi connectivity index (χ3v) is 3.52. The van der Waals surface area contributed by atoms with Crippen LogP contribution in [0.3, 0.4) is 0 Å². The van der Waals surface area contributed by atoms with Gasteiger partial charge in [-0.15, -0.1) is 0 Å². The first-order valence-electron chi connectivity index (χ1n) is 6.26. The monoisotopic (exact) mass is 244 g/mol. The van der Waals surface area contributed by atoms with Gasteiger partial charge in [0.25, 0.3) is 5.56 Å². The summed E-state index contributed by atoms with van der Waals surface area (Å²) >= 11 is 0. The van der Waals surface area contributed by atoms with E-state index in [1.807, 2.05) is 20.0 Å². The van der Waals surface area contributed by atoms with E-state index in [9.17, 15) is 4.79 Å². The maximum Gasteiger partial charge on any atom is 0.254 e. The summed E-state index contributed by atoms with van der Waals surface area (Å²) in [7, 11) is 1.84. The molecule has 1 aromatic heterocycles. The number of nitrogens with zero attached hydrogens (tertiary/aromatic N) is 1. The number of hydrogen-bond acceptors (Lipinski definition) is 2. The summed E-state index contributed by atoms with van der Waals surface area (Å²) in [5.74, 6) is 0. The second-order valence-corrected chi connectivity index (χ2v) is 5.16.